The molecule has 0 aliphatic heterocycles. The van der Waals surface area contributed by atoms with Crippen molar-refractivity contribution in [3.63, 3.8) is 0 Å². The van der Waals surface area contributed by atoms with E-state index in [9.17, 15) is 14.5 Å². The third kappa shape index (κ3) is 3.44. The Bertz CT molecular complexity index is 592. The van der Waals surface area contributed by atoms with Gasteiger partial charge in [0.1, 0.15) is 12.4 Å². The molecule has 2 aromatic rings. The highest BCUT2D eigenvalue weighted by Gasteiger charge is 2.02. The molecule has 98 valence electrons. The van der Waals surface area contributed by atoms with Gasteiger partial charge in [-0.15, -0.1) is 5.10 Å². The average Bonchev–Trinajstić information content (AvgIpc) is 2.85. The van der Waals surface area contributed by atoms with Crippen molar-refractivity contribution in [2.24, 2.45) is 0 Å². The van der Waals surface area contributed by atoms with Crippen LogP contribution in [-0.2, 0) is 6.54 Å². The van der Waals surface area contributed by atoms with Crippen LogP contribution in [0.3, 0.4) is 0 Å². The summed E-state index contributed by atoms with van der Waals surface area (Å²) in [5.74, 6) is 0. The van der Waals surface area contributed by atoms with E-state index in [0.29, 0.717) is 5.69 Å². The number of aryl methyl sites for hydroxylation is 1. The first-order valence-corrected chi connectivity index (χ1v) is 5.57. The zero-order valence-corrected chi connectivity index (χ0v) is 9.94. The predicted octanol–water partition coefficient (Wildman–Crippen LogP) is 2.33. The summed E-state index contributed by atoms with van der Waals surface area (Å²) in [4.78, 5) is 10.0. The van der Waals surface area contributed by atoms with E-state index in [0.717, 1.165) is 5.56 Å². The standard InChI is InChI=1S/C12H11FN4O2/c13-7-8-16-9-11(14-15-16)4-1-10-2-5-12(6-3-10)17(18)19/h1-6,9H,7-8H2/b4-1+. The van der Waals surface area contributed by atoms with Crippen molar-refractivity contribution in [3.8, 4) is 0 Å². The number of nitrogens with zero attached hydrogens (tertiary/aromatic N) is 4. The highest BCUT2D eigenvalue weighted by molar-refractivity contribution is 5.68. The topological polar surface area (TPSA) is 73.8 Å². The second-order valence-corrected chi connectivity index (χ2v) is 3.78. The largest absolute Gasteiger partial charge is 0.269 e. The average molecular weight is 262 g/mol. The Kier molecular flexibility index (Phi) is 3.97. The highest BCUT2D eigenvalue weighted by atomic mass is 19.1. The number of alkyl halides is 1. The van der Waals surface area contributed by atoms with E-state index in [-0.39, 0.29) is 12.2 Å². The van der Waals surface area contributed by atoms with Crippen LogP contribution in [0.5, 0.6) is 0 Å². The number of hydrogen-bond donors (Lipinski definition) is 0. The maximum absolute atomic E-state index is 12.1. The van der Waals surface area contributed by atoms with Gasteiger partial charge in [0, 0.05) is 12.1 Å². The SMILES string of the molecule is O=[N+]([O-])c1ccc(/C=C/c2cn(CCF)nn2)cc1. The van der Waals surface area contributed by atoms with Gasteiger partial charge < -0.3 is 0 Å². The normalized spacial score (nSPS) is 11.0. The molecule has 0 bridgehead atoms. The van der Waals surface area contributed by atoms with Crippen molar-refractivity contribution in [3.05, 3.63) is 51.8 Å². The summed E-state index contributed by atoms with van der Waals surface area (Å²) < 4.78 is 13.5. The van der Waals surface area contributed by atoms with Crippen molar-refractivity contribution in [1.82, 2.24) is 15.0 Å². The molecule has 0 N–H and O–H groups in total. The zero-order valence-electron chi connectivity index (χ0n) is 9.94. The Balaban J connectivity index is 2.06. The van der Waals surface area contributed by atoms with E-state index in [1.165, 1.54) is 16.8 Å². The number of benzene rings is 1. The molecule has 0 fully saturated rings. The molecule has 7 heteroatoms. The predicted molar refractivity (Wildman–Crippen MR) is 68.0 cm³/mol. The molecule has 0 atom stereocenters. The Labute approximate surface area is 108 Å². The smallest absolute Gasteiger partial charge is 0.258 e. The lowest BCUT2D eigenvalue weighted by Gasteiger charge is -1.93. The highest BCUT2D eigenvalue weighted by Crippen LogP contribution is 2.13. The maximum Gasteiger partial charge on any atom is 0.269 e. The molecule has 1 heterocycles. The van der Waals surface area contributed by atoms with Crippen LogP contribution in [0.2, 0.25) is 0 Å². The summed E-state index contributed by atoms with van der Waals surface area (Å²) >= 11 is 0. The summed E-state index contributed by atoms with van der Waals surface area (Å²) in [5, 5.41) is 18.1. The molecule has 2 rings (SSSR count). The van der Waals surface area contributed by atoms with Crippen LogP contribution in [0, 0.1) is 10.1 Å². The van der Waals surface area contributed by atoms with Crippen LogP contribution in [0.1, 0.15) is 11.3 Å². The van der Waals surface area contributed by atoms with Crippen LogP contribution in [0.15, 0.2) is 30.5 Å². The number of hydrogen-bond acceptors (Lipinski definition) is 4. The minimum atomic E-state index is -0.491. The van der Waals surface area contributed by atoms with Crippen molar-refractivity contribution in [1.29, 1.82) is 0 Å². The molecule has 0 radical (unpaired) electrons. The molecule has 1 aromatic carbocycles. The summed E-state index contributed by atoms with van der Waals surface area (Å²) in [6, 6.07) is 6.14. The maximum atomic E-state index is 12.1. The Morgan fingerprint density at radius 1 is 1.32 bits per heavy atom. The fourth-order valence-corrected chi connectivity index (χ4v) is 1.47. The number of non-ortho nitro benzene ring substituents is 1. The van der Waals surface area contributed by atoms with Gasteiger partial charge in [-0.3, -0.25) is 10.1 Å². The van der Waals surface area contributed by atoms with Crippen molar-refractivity contribution >= 4 is 17.8 Å². The Morgan fingerprint density at radius 3 is 2.68 bits per heavy atom. The number of nitro groups is 1. The zero-order chi connectivity index (χ0) is 13.7. The van der Waals surface area contributed by atoms with E-state index in [1.54, 1.807) is 30.5 Å². The van der Waals surface area contributed by atoms with Crippen molar-refractivity contribution < 1.29 is 9.31 Å². The van der Waals surface area contributed by atoms with E-state index < -0.39 is 11.6 Å². The molecule has 0 amide bonds. The monoisotopic (exact) mass is 262 g/mol. The molecule has 0 aliphatic carbocycles. The second kappa shape index (κ2) is 5.85. The molecule has 0 saturated heterocycles. The van der Waals surface area contributed by atoms with Gasteiger partial charge in [0.05, 0.1) is 17.7 Å². The molecule has 0 unspecified atom stereocenters. The minimum Gasteiger partial charge on any atom is -0.258 e. The Morgan fingerprint density at radius 2 is 2.05 bits per heavy atom. The fraction of sp³-hybridized carbons (Fsp3) is 0.167. The molecule has 0 aliphatic rings. The molecule has 6 nitrogen and oxygen atoms in total. The van der Waals surface area contributed by atoms with Gasteiger partial charge in [0.15, 0.2) is 0 Å². The van der Waals surface area contributed by atoms with Gasteiger partial charge in [0.2, 0.25) is 0 Å². The summed E-state index contributed by atoms with van der Waals surface area (Å²) in [7, 11) is 0. The van der Waals surface area contributed by atoms with Crippen LogP contribution in [0.25, 0.3) is 12.2 Å². The van der Waals surface area contributed by atoms with Gasteiger partial charge >= 0.3 is 0 Å². The first kappa shape index (κ1) is 12.9. The van der Waals surface area contributed by atoms with Gasteiger partial charge in [-0.25, -0.2) is 9.07 Å². The minimum absolute atomic E-state index is 0.0473. The van der Waals surface area contributed by atoms with E-state index in [4.69, 9.17) is 0 Å². The van der Waals surface area contributed by atoms with Gasteiger partial charge in [-0.1, -0.05) is 11.3 Å². The van der Waals surface area contributed by atoms with Gasteiger partial charge in [-0.2, -0.15) is 0 Å². The van der Waals surface area contributed by atoms with Crippen molar-refractivity contribution in [2.75, 3.05) is 6.67 Å². The third-order valence-electron chi connectivity index (χ3n) is 2.42. The number of halogens is 1. The van der Waals surface area contributed by atoms with Gasteiger partial charge in [-0.05, 0) is 23.8 Å². The lowest BCUT2D eigenvalue weighted by atomic mass is 10.2. The Hall–Kier alpha value is -2.57. The summed E-state index contributed by atoms with van der Waals surface area (Å²) in [6.07, 6.45) is 5.10. The van der Waals surface area contributed by atoms with Crippen LogP contribution >= 0.6 is 0 Å². The van der Waals surface area contributed by atoms with Gasteiger partial charge in [0.25, 0.3) is 5.69 Å². The lowest BCUT2D eigenvalue weighted by molar-refractivity contribution is -0.384. The van der Waals surface area contributed by atoms with Crippen molar-refractivity contribution in [2.45, 2.75) is 6.54 Å². The van der Waals surface area contributed by atoms with Crippen LogP contribution < -0.4 is 0 Å². The molecule has 19 heavy (non-hydrogen) atoms. The van der Waals surface area contributed by atoms with E-state index in [2.05, 4.69) is 10.3 Å². The van der Waals surface area contributed by atoms with Crippen LogP contribution in [-0.4, -0.2) is 26.6 Å². The molecule has 0 spiro atoms. The fourth-order valence-electron chi connectivity index (χ4n) is 1.47. The number of nitro benzene ring substituents is 1. The first-order chi connectivity index (χ1) is 9.19. The summed E-state index contributed by atoms with van der Waals surface area (Å²) in [5.41, 5.74) is 1.46. The lowest BCUT2D eigenvalue weighted by Crippen LogP contribution is -1.99. The molecule has 0 saturated carbocycles. The number of rotatable bonds is 5. The molecular formula is C12H11FN4O2. The van der Waals surface area contributed by atoms with Crippen LogP contribution in [0.4, 0.5) is 10.1 Å². The first-order valence-electron chi connectivity index (χ1n) is 5.57. The summed E-state index contributed by atoms with van der Waals surface area (Å²) in [6.45, 7) is -0.312. The molecule has 1 aromatic heterocycles. The molecular weight excluding hydrogens is 251 g/mol. The van der Waals surface area contributed by atoms with E-state index in [1.807, 2.05) is 0 Å². The number of aromatic nitrogens is 3. The third-order valence-corrected chi connectivity index (χ3v) is 2.42. The second-order valence-electron chi connectivity index (χ2n) is 3.78. The quantitative estimate of drug-likeness (QED) is 0.612. The van der Waals surface area contributed by atoms with E-state index >= 15 is 0 Å².